The average molecular weight is 221 g/mol. The Hall–Kier alpha value is -1.75. The van der Waals surface area contributed by atoms with Gasteiger partial charge in [-0.2, -0.15) is 5.26 Å². The number of halogens is 2. The van der Waals surface area contributed by atoms with Crippen LogP contribution in [0.5, 0.6) is 0 Å². The van der Waals surface area contributed by atoms with E-state index in [-0.39, 0.29) is 6.54 Å². The molecule has 0 aromatic heterocycles. The quantitative estimate of drug-likeness (QED) is 0.391. The van der Waals surface area contributed by atoms with Crippen LogP contribution in [-0.4, -0.2) is 42.5 Å². The van der Waals surface area contributed by atoms with Gasteiger partial charge in [0.05, 0.1) is 12.6 Å². The Labute approximate surface area is 83.9 Å². The lowest BCUT2D eigenvalue weighted by Crippen LogP contribution is -2.45. The minimum atomic E-state index is -3.47. The van der Waals surface area contributed by atoms with E-state index in [9.17, 15) is 18.4 Å². The molecule has 0 bridgehead atoms. The molecular weight excluding hydrogens is 212 g/mol. The molecule has 0 radical (unpaired) electrons. The molecule has 6 nitrogen and oxygen atoms in total. The van der Waals surface area contributed by atoms with Gasteiger partial charge in [-0.3, -0.25) is 9.59 Å². The molecule has 2 amide bonds. The molecule has 3 N–H and O–H groups in total. The van der Waals surface area contributed by atoms with E-state index < -0.39 is 30.9 Å². The van der Waals surface area contributed by atoms with Crippen LogP contribution in [0, 0.1) is 11.3 Å². The Morgan fingerprint density at radius 2 is 1.87 bits per heavy atom. The number of aliphatic hydroxyl groups excluding tert-OH is 1. The molecule has 0 saturated heterocycles. The van der Waals surface area contributed by atoms with Crippen molar-refractivity contribution in [3.63, 3.8) is 0 Å². The molecule has 0 atom stereocenters. The second-order valence-corrected chi connectivity index (χ2v) is 2.54. The first-order chi connectivity index (χ1) is 6.93. The number of hydrogen-bond donors (Lipinski definition) is 3. The summed E-state index contributed by atoms with van der Waals surface area (Å²) in [5.74, 6) is -5.92. The van der Waals surface area contributed by atoms with Crippen molar-refractivity contribution in [3.8, 4) is 6.07 Å². The van der Waals surface area contributed by atoms with Crippen LogP contribution >= 0.6 is 0 Å². The molecule has 15 heavy (non-hydrogen) atoms. The third-order valence-corrected chi connectivity index (χ3v) is 1.27. The minimum Gasteiger partial charge on any atom is -0.390 e. The molecule has 0 saturated carbocycles. The molecule has 0 rings (SSSR count). The van der Waals surface area contributed by atoms with Crippen LogP contribution in [0.4, 0.5) is 8.78 Å². The number of nitrogens with zero attached hydrogens (tertiary/aromatic N) is 1. The van der Waals surface area contributed by atoms with Crippen LogP contribution in [0.2, 0.25) is 0 Å². The molecule has 0 aliphatic rings. The number of carbonyl (C=O) groups excluding carboxylic acids is 2. The number of nitrogens with one attached hydrogen (secondary N) is 2. The molecular formula is C7H9F2N3O3. The van der Waals surface area contributed by atoms with Gasteiger partial charge in [0.2, 0.25) is 0 Å². The Balaban J connectivity index is 3.95. The highest BCUT2D eigenvalue weighted by Gasteiger charge is 2.29. The van der Waals surface area contributed by atoms with Gasteiger partial charge in [0.1, 0.15) is 13.2 Å². The summed E-state index contributed by atoms with van der Waals surface area (Å²) in [6, 6.07) is 1.54. The smallest absolute Gasteiger partial charge is 0.310 e. The summed E-state index contributed by atoms with van der Waals surface area (Å²) in [5, 5.41) is 19.7. The van der Waals surface area contributed by atoms with Crippen molar-refractivity contribution in [1.29, 1.82) is 5.26 Å². The maximum Gasteiger partial charge on any atom is 0.310 e. The zero-order valence-corrected chi connectivity index (χ0v) is 7.59. The first kappa shape index (κ1) is 13.2. The van der Waals surface area contributed by atoms with Gasteiger partial charge in [-0.1, -0.05) is 0 Å². The number of carbonyl (C=O) groups is 2. The largest absolute Gasteiger partial charge is 0.390 e. The molecule has 0 aromatic rings. The highest BCUT2D eigenvalue weighted by Crippen LogP contribution is 2.09. The van der Waals surface area contributed by atoms with Crippen molar-refractivity contribution >= 4 is 11.8 Å². The molecule has 84 valence electrons. The predicted octanol–water partition coefficient (Wildman–Crippen LogP) is -1.63. The topological polar surface area (TPSA) is 102 Å². The number of rotatable bonds is 4. The first-order valence-electron chi connectivity index (χ1n) is 3.84. The van der Waals surface area contributed by atoms with Crippen molar-refractivity contribution in [1.82, 2.24) is 10.6 Å². The molecule has 8 heteroatoms. The van der Waals surface area contributed by atoms with Crippen LogP contribution in [0.3, 0.4) is 0 Å². The van der Waals surface area contributed by atoms with Gasteiger partial charge < -0.3 is 15.7 Å². The predicted molar refractivity (Wildman–Crippen MR) is 43.7 cm³/mol. The molecule has 0 fully saturated rings. The second-order valence-electron chi connectivity index (χ2n) is 2.54. The van der Waals surface area contributed by atoms with E-state index in [1.54, 1.807) is 5.32 Å². The van der Waals surface area contributed by atoms with E-state index in [0.29, 0.717) is 0 Å². The maximum atomic E-state index is 12.4. The van der Waals surface area contributed by atoms with Gasteiger partial charge in [-0.15, -0.1) is 0 Å². The molecule has 0 spiro atoms. The van der Waals surface area contributed by atoms with E-state index in [2.05, 4.69) is 0 Å². The highest BCUT2D eigenvalue weighted by molar-refractivity contribution is 6.35. The summed E-state index contributed by atoms with van der Waals surface area (Å²) in [5.41, 5.74) is 0. The monoisotopic (exact) mass is 221 g/mol. The summed E-state index contributed by atoms with van der Waals surface area (Å²) >= 11 is 0. The van der Waals surface area contributed by atoms with Crippen molar-refractivity contribution < 1.29 is 23.5 Å². The van der Waals surface area contributed by atoms with Gasteiger partial charge in [0.15, 0.2) is 0 Å². The average Bonchev–Trinajstić information content (AvgIpc) is 2.22. The van der Waals surface area contributed by atoms with Crippen LogP contribution in [0.25, 0.3) is 0 Å². The summed E-state index contributed by atoms with van der Waals surface area (Å²) in [7, 11) is 0. The Kier molecular flexibility index (Phi) is 5.19. The normalized spacial score (nSPS) is 10.3. The summed E-state index contributed by atoms with van der Waals surface area (Å²) < 4.78 is 24.8. The van der Waals surface area contributed by atoms with Crippen molar-refractivity contribution in [2.75, 3.05) is 19.7 Å². The summed E-state index contributed by atoms with van der Waals surface area (Å²) in [4.78, 5) is 21.5. The first-order valence-corrected chi connectivity index (χ1v) is 3.84. The van der Waals surface area contributed by atoms with Crippen molar-refractivity contribution in [2.45, 2.75) is 5.92 Å². The third kappa shape index (κ3) is 5.53. The fraction of sp³-hybridized carbons (Fsp3) is 0.571. The van der Waals surface area contributed by atoms with E-state index in [1.165, 1.54) is 6.07 Å². The molecule has 0 unspecified atom stereocenters. The van der Waals surface area contributed by atoms with E-state index in [1.807, 2.05) is 5.32 Å². The maximum absolute atomic E-state index is 12.4. The van der Waals surface area contributed by atoms with Gasteiger partial charge in [0.25, 0.3) is 5.92 Å². The molecule has 0 aliphatic carbocycles. The second kappa shape index (κ2) is 5.87. The zero-order chi connectivity index (χ0) is 11.9. The third-order valence-electron chi connectivity index (χ3n) is 1.27. The summed E-state index contributed by atoms with van der Waals surface area (Å²) in [6.45, 7) is -2.95. The Morgan fingerprint density at radius 3 is 2.33 bits per heavy atom. The van der Waals surface area contributed by atoms with E-state index in [0.717, 1.165) is 0 Å². The lowest BCUT2D eigenvalue weighted by atomic mass is 10.3. The van der Waals surface area contributed by atoms with Crippen LogP contribution in [-0.2, 0) is 9.59 Å². The van der Waals surface area contributed by atoms with Crippen LogP contribution in [0.1, 0.15) is 0 Å². The zero-order valence-electron chi connectivity index (χ0n) is 7.59. The van der Waals surface area contributed by atoms with Crippen LogP contribution in [0.15, 0.2) is 0 Å². The number of aliphatic hydroxyl groups is 1. The van der Waals surface area contributed by atoms with Crippen LogP contribution < -0.4 is 10.6 Å². The number of nitriles is 1. The Morgan fingerprint density at radius 1 is 1.33 bits per heavy atom. The van der Waals surface area contributed by atoms with Gasteiger partial charge in [0, 0.05) is 0 Å². The van der Waals surface area contributed by atoms with Crippen molar-refractivity contribution in [2.24, 2.45) is 0 Å². The lowest BCUT2D eigenvalue weighted by molar-refractivity contribution is -0.140. The number of alkyl halides is 2. The number of amides is 2. The van der Waals surface area contributed by atoms with E-state index in [4.69, 9.17) is 10.4 Å². The standard InChI is InChI=1S/C7H9F2N3O3/c8-7(9,4-13)3-12-6(15)5(14)11-2-1-10/h13H,2-4H2,(H,11,14)(H,12,15). The van der Waals surface area contributed by atoms with Gasteiger partial charge in [-0.25, -0.2) is 8.78 Å². The highest BCUT2D eigenvalue weighted by atomic mass is 19.3. The van der Waals surface area contributed by atoms with E-state index >= 15 is 0 Å². The van der Waals surface area contributed by atoms with Gasteiger partial charge >= 0.3 is 11.8 Å². The lowest BCUT2D eigenvalue weighted by Gasteiger charge is -2.13. The van der Waals surface area contributed by atoms with Gasteiger partial charge in [-0.05, 0) is 0 Å². The fourth-order valence-corrected chi connectivity index (χ4v) is 0.546. The fourth-order valence-electron chi connectivity index (χ4n) is 0.546. The van der Waals surface area contributed by atoms with Crippen molar-refractivity contribution in [3.05, 3.63) is 0 Å². The Bertz CT molecular complexity index is 288. The molecule has 0 aromatic carbocycles. The molecule has 0 aliphatic heterocycles. The molecule has 0 heterocycles. The summed E-state index contributed by atoms with van der Waals surface area (Å²) in [6.07, 6.45) is 0. The minimum absolute atomic E-state index is 0.386. The number of hydrogen-bond acceptors (Lipinski definition) is 4. The SMILES string of the molecule is N#CCNC(=O)C(=O)NCC(F)(F)CO.